The first-order valence-corrected chi connectivity index (χ1v) is 5.36. The Balaban J connectivity index is 2.57. The molecule has 0 saturated carbocycles. The highest BCUT2D eigenvalue weighted by Crippen LogP contribution is 2.27. The topological polar surface area (TPSA) is 52.3 Å². The summed E-state index contributed by atoms with van der Waals surface area (Å²) in [7, 11) is 1.45. The van der Waals surface area contributed by atoms with Crippen LogP contribution in [0.25, 0.3) is 11.1 Å². The van der Waals surface area contributed by atoms with Crippen LogP contribution in [0.2, 0.25) is 0 Å². The van der Waals surface area contributed by atoms with Gasteiger partial charge < -0.3 is 10.5 Å². The van der Waals surface area contributed by atoms with E-state index in [1.54, 1.807) is 30.3 Å². The highest BCUT2D eigenvalue weighted by atomic mass is 19.1. The van der Waals surface area contributed by atoms with Crippen molar-refractivity contribution in [3.63, 3.8) is 0 Å². The minimum Gasteiger partial charge on any atom is -0.496 e. The molecule has 92 valence electrons. The van der Waals surface area contributed by atoms with Gasteiger partial charge >= 0.3 is 0 Å². The van der Waals surface area contributed by atoms with Gasteiger partial charge in [-0.05, 0) is 23.8 Å². The predicted octanol–water partition coefficient (Wildman–Crippen LogP) is 2.60. The van der Waals surface area contributed by atoms with Gasteiger partial charge in [-0.15, -0.1) is 0 Å². The molecule has 0 atom stereocenters. The smallest absolute Gasteiger partial charge is 0.252 e. The molecule has 0 radical (unpaired) electrons. The minimum absolute atomic E-state index is 0.234. The van der Waals surface area contributed by atoms with E-state index in [-0.39, 0.29) is 11.4 Å². The number of ether oxygens (including phenoxy) is 1. The Hall–Kier alpha value is -2.36. The summed E-state index contributed by atoms with van der Waals surface area (Å²) in [6.07, 6.45) is 0. The van der Waals surface area contributed by atoms with Crippen molar-refractivity contribution in [3.05, 3.63) is 53.8 Å². The minimum atomic E-state index is -0.606. The first kappa shape index (κ1) is 12.1. The Labute approximate surface area is 104 Å². The molecule has 0 bridgehead atoms. The summed E-state index contributed by atoms with van der Waals surface area (Å²) in [4.78, 5) is 11.3. The van der Waals surface area contributed by atoms with Gasteiger partial charge in [-0.25, -0.2) is 4.39 Å². The molecule has 2 rings (SSSR count). The van der Waals surface area contributed by atoms with Crippen LogP contribution < -0.4 is 10.5 Å². The summed E-state index contributed by atoms with van der Waals surface area (Å²) in [5.74, 6) is -0.578. The average Bonchev–Trinajstić information content (AvgIpc) is 2.38. The number of hydrogen-bond acceptors (Lipinski definition) is 2. The fourth-order valence-electron chi connectivity index (χ4n) is 1.76. The van der Waals surface area contributed by atoms with Crippen molar-refractivity contribution >= 4 is 5.91 Å². The predicted molar refractivity (Wildman–Crippen MR) is 66.9 cm³/mol. The quantitative estimate of drug-likeness (QED) is 0.903. The lowest BCUT2D eigenvalue weighted by Crippen LogP contribution is -2.12. The van der Waals surface area contributed by atoms with Crippen LogP contribution in [-0.2, 0) is 0 Å². The van der Waals surface area contributed by atoms with Gasteiger partial charge in [0.2, 0.25) is 0 Å². The molecule has 18 heavy (non-hydrogen) atoms. The Bertz CT molecular complexity index is 596. The van der Waals surface area contributed by atoms with Crippen molar-refractivity contribution in [2.45, 2.75) is 0 Å². The summed E-state index contributed by atoms with van der Waals surface area (Å²) in [6, 6.07) is 11.2. The van der Waals surface area contributed by atoms with Gasteiger partial charge in [-0.2, -0.15) is 0 Å². The number of nitrogens with two attached hydrogens (primary N) is 1. The fourth-order valence-corrected chi connectivity index (χ4v) is 1.76. The second-order valence-corrected chi connectivity index (χ2v) is 3.76. The Morgan fingerprint density at radius 2 is 1.94 bits per heavy atom. The number of carbonyl (C=O) groups excluding carboxylic acids is 1. The first-order valence-electron chi connectivity index (χ1n) is 5.36. The molecule has 0 aliphatic rings. The molecule has 2 N–H and O–H groups in total. The van der Waals surface area contributed by atoms with Crippen molar-refractivity contribution < 1.29 is 13.9 Å². The molecule has 0 heterocycles. The van der Waals surface area contributed by atoms with Crippen LogP contribution in [0.5, 0.6) is 5.75 Å². The highest BCUT2D eigenvalue weighted by Gasteiger charge is 2.12. The number of carbonyl (C=O) groups is 1. The van der Waals surface area contributed by atoms with Crippen molar-refractivity contribution in [3.8, 4) is 16.9 Å². The highest BCUT2D eigenvalue weighted by molar-refractivity contribution is 5.97. The molecule has 0 aromatic heterocycles. The van der Waals surface area contributed by atoms with Gasteiger partial charge in [0.05, 0.1) is 12.7 Å². The SMILES string of the molecule is COc1ccc(-c2ccccc2F)cc1C(N)=O. The van der Waals surface area contributed by atoms with E-state index in [1.165, 1.54) is 19.2 Å². The number of rotatable bonds is 3. The molecule has 0 aliphatic heterocycles. The van der Waals surface area contributed by atoms with Crippen molar-refractivity contribution in [1.29, 1.82) is 0 Å². The van der Waals surface area contributed by atoms with E-state index in [9.17, 15) is 9.18 Å². The summed E-state index contributed by atoms with van der Waals surface area (Å²) >= 11 is 0. The zero-order valence-electron chi connectivity index (χ0n) is 9.81. The van der Waals surface area contributed by atoms with E-state index in [0.717, 1.165) is 0 Å². The van der Waals surface area contributed by atoms with Crippen LogP contribution in [0.1, 0.15) is 10.4 Å². The fraction of sp³-hybridized carbons (Fsp3) is 0.0714. The van der Waals surface area contributed by atoms with Crippen molar-refractivity contribution in [2.24, 2.45) is 5.73 Å². The van der Waals surface area contributed by atoms with Crippen LogP contribution in [0, 0.1) is 5.82 Å². The molecular weight excluding hydrogens is 233 g/mol. The number of amides is 1. The number of hydrogen-bond donors (Lipinski definition) is 1. The van der Waals surface area contributed by atoms with E-state index in [0.29, 0.717) is 16.9 Å². The molecule has 4 heteroatoms. The van der Waals surface area contributed by atoms with Gasteiger partial charge in [0.15, 0.2) is 0 Å². The third-order valence-electron chi connectivity index (χ3n) is 2.65. The van der Waals surface area contributed by atoms with Gasteiger partial charge in [0, 0.05) is 5.56 Å². The van der Waals surface area contributed by atoms with Crippen molar-refractivity contribution in [2.75, 3.05) is 7.11 Å². The molecule has 3 nitrogen and oxygen atoms in total. The third kappa shape index (κ3) is 2.18. The van der Waals surface area contributed by atoms with Crippen LogP contribution >= 0.6 is 0 Å². The number of halogens is 1. The molecule has 0 unspecified atom stereocenters. The lowest BCUT2D eigenvalue weighted by atomic mass is 10.0. The van der Waals surface area contributed by atoms with E-state index in [4.69, 9.17) is 10.5 Å². The number of primary amides is 1. The van der Waals surface area contributed by atoms with E-state index < -0.39 is 5.91 Å². The van der Waals surface area contributed by atoms with Crippen LogP contribution in [0.3, 0.4) is 0 Å². The molecule has 0 aliphatic carbocycles. The Morgan fingerprint density at radius 1 is 1.22 bits per heavy atom. The summed E-state index contributed by atoms with van der Waals surface area (Å²) in [6.45, 7) is 0. The standard InChI is InChI=1S/C14H12FNO2/c1-18-13-7-6-9(8-11(13)14(16)17)10-4-2-3-5-12(10)15/h2-8H,1H3,(H2,16,17). The lowest BCUT2D eigenvalue weighted by molar-refractivity contribution is 0.0997. The molecule has 2 aromatic rings. The molecule has 2 aromatic carbocycles. The second-order valence-electron chi connectivity index (χ2n) is 3.76. The molecule has 1 amide bonds. The van der Waals surface area contributed by atoms with Crippen molar-refractivity contribution in [1.82, 2.24) is 0 Å². The molecule has 0 saturated heterocycles. The van der Waals surface area contributed by atoms with Gasteiger partial charge in [0.25, 0.3) is 5.91 Å². The molecule has 0 fully saturated rings. The largest absolute Gasteiger partial charge is 0.496 e. The molecular formula is C14H12FNO2. The second kappa shape index (κ2) is 4.87. The zero-order chi connectivity index (χ0) is 13.1. The maximum atomic E-state index is 13.6. The molecule has 0 spiro atoms. The van der Waals surface area contributed by atoms with E-state index >= 15 is 0 Å². The van der Waals surface area contributed by atoms with Gasteiger partial charge in [0.1, 0.15) is 11.6 Å². The lowest BCUT2D eigenvalue weighted by Gasteiger charge is -2.09. The monoisotopic (exact) mass is 245 g/mol. The van der Waals surface area contributed by atoms with Gasteiger partial charge in [-0.1, -0.05) is 24.3 Å². The van der Waals surface area contributed by atoms with E-state index in [2.05, 4.69) is 0 Å². The van der Waals surface area contributed by atoms with Crippen LogP contribution in [0.15, 0.2) is 42.5 Å². The Kier molecular flexibility index (Phi) is 3.28. The van der Waals surface area contributed by atoms with Gasteiger partial charge in [-0.3, -0.25) is 4.79 Å². The normalized spacial score (nSPS) is 10.1. The Morgan fingerprint density at radius 3 is 2.56 bits per heavy atom. The third-order valence-corrected chi connectivity index (χ3v) is 2.65. The maximum Gasteiger partial charge on any atom is 0.252 e. The zero-order valence-corrected chi connectivity index (χ0v) is 9.81. The van der Waals surface area contributed by atoms with Crippen LogP contribution in [0.4, 0.5) is 4.39 Å². The maximum absolute atomic E-state index is 13.6. The summed E-state index contributed by atoms with van der Waals surface area (Å²) in [5, 5.41) is 0. The summed E-state index contributed by atoms with van der Waals surface area (Å²) in [5.41, 5.74) is 6.50. The average molecular weight is 245 g/mol. The first-order chi connectivity index (χ1) is 8.63. The van der Waals surface area contributed by atoms with Crippen LogP contribution in [-0.4, -0.2) is 13.0 Å². The number of benzene rings is 2. The van der Waals surface area contributed by atoms with E-state index in [1.807, 2.05) is 0 Å². The number of methoxy groups -OCH3 is 1. The summed E-state index contributed by atoms with van der Waals surface area (Å²) < 4.78 is 18.7.